The third kappa shape index (κ3) is 3.90. The minimum absolute atomic E-state index is 0.0491. The van der Waals surface area contributed by atoms with Crippen molar-refractivity contribution in [2.75, 3.05) is 18.6 Å². The van der Waals surface area contributed by atoms with Gasteiger partial charge in [0, 0.05) is 30.4 Å². The van der Waals surface area contributed by atoms with E-state index in [9.17, 15) is 9.59 Å². The molecule has 2 aromatic carbocycles. The number of benzene rings is 2. The standard InChI is InChI=1S/C24H26N2O3/c1-3-23(27)25-15-5-7-20-21(6-4-8-22(20)25)24(28)26(18-11-12-18)16-17-9-13-19(29-2)14-10-17/h3-4,6,8-10,13-14,18H,1,5,7,11-12,15-16H2,2H3. The number of nitrogens with zero attached hydrogens (tertiary/aromatic N) is 2. The van der Waals surface area contributed by atoms with Gasteiger partial charge in [-0.25, -0.2) is 0 Å². The number of fused-ring (bicyclic) bond motifs is 1. The first-order chi connectivity index (χ1) is 14.1. The largest absolute Gasteiger partial charge is 0.497 e. The predicted molar refractivity (Wildman–Crippen MR) is 113 cm³/mol. The van der Waals surface area contributed by atoms with Gasteiger partial charge in [-0.15, -0.1) is 0 Å². The molecule has 2 amide bonds. The van der Waals surface area contributed by atoms with Crippen molar-refractivity contribution in [2.45, 2.75) is 38.3 Å². The highest BCUT2D eigenvalue weighted by Crippen LogP contribution is 2.34. The molecule has 1 aliphatic carbocycles. The van der Waals surface area contributed by atoms with Crippen LogP contribution in [0.1, 0.15) is 40.7 Å². The number of rotatable bonds is 6. The topological polar surface area (TPSA) is 49.9 Å². The van der Waals surface area contributed by atoms with Crippen LogP contribution in [0.3, 0.4) is 0 Å². The summed E-state index contributed by atoms with van der Waals surface area (Å²) in [5, 5.41) is 0. The molecule has 0 bridgehead atoms. The highest BCUT2D eigenvalue weighted by atomic mass is 16.5. The Morgan fingerprint density at radius 2 is 1.97 bits per heavy atom. The highest BCUT2D eigenvalue weighted by Gasteiger charge is 2.35. The van der Waals surface area contributed by atoms with Gasteiger partial charge in [-0.05, 0) is 67.2 Å². The molecule has 0 saturated heterocycles. The molecule has 1 saturated carbocycles. The van der Waals surface area contributed by atoms with Crippen LogP contribution in [0.15, 0.2) is 55.1 Å². The van der Waals surface area contributed by atoms with E-state index in [1.165, 1.54) is 6.08 Å². The van der Waals surface area contributed by atoms with Gasteiger partial charge >= 0.3 is 0 Å². The van der Waals surface area contributed by atoms with Gasteiger partial charge in [0.2, 0.25) is 5.91 Å². The first kappa shape index (κ1) is 19.2. The van der Waals surface area contributed by atoms with Crippen LogP contribution in [0.2, 0.25) is 0 Å². The van der Waals surface area contributed by atoms with E-state index >= 15 is 0 Å². The van der Waals surface area contributed by atoms with Gasteiger partial charge < -0.3 is 14.5 Å². The first-order valence-electron chi connectivity index (χ1n) is 10.1. The fourth-order valence-corrected chi connectivity index (χ4v) is 4.00. The molecule has 2 aliphatic rings. The van der Waals surface area contributed by atoms with E-state index < -0.39 is 0 Å². The lowest BCUT2D eigenvalue weighted by molar-refractivity contribution is -0.114. The molecule has 5 nitrogen and oxygen atoms in total. The summed E-state index contributed by atoms with van der Waals surface area (Å²) in [5.74, 6) is 0.739. The third-order valence-electron chi connectivity index (χ3n) is 5.68. The second kappa shape index (κ2) is 8.11. The molecular formula is C24H26N2O3. The first-order valence-corrected chi connectivity index (χ1v) is 10.1. The van der Waals surface area contributed by atoms with Gasteiger partial charge in [-0.3, -0.25) is 9.59 Å². The van der Waals surface area contributed by atoms with Crippen LogP contribution in [0.4, 0.5) is 5.69 Å². The Labute approximate surface area is 171 Å². The van der Waals surface area contributed by atoms with E-state index in [1.54, 1.807) is 12.0 Å². The van der Waals surface area contributed by atoms with Crippen molar-refractivity contribution in [3.05, 3.63) is 71.8 Å². The van der Waals surface area contributed by atoms with E-state index in [0.29, 0.717) is 18.7 Å². The van der Waals surface area contributed by atoms with E-state index in [0.717, 1.165) is 48.2 Å². The van der Waals surface area contributed by atoms with Crippen molar-refractivity contribution >= 4 is 17.5 Å². The summed E-state index contributed by atoms with van der Waals surface area (Å²) in [6.07, 6.45) is 5.07. The SMILES string of the molecule is C=CC(=O)N1CCCc2c(C(=O)N(Cc3ccc(OC)cc3)C3CC3)cccc21. The average Bonchev–Trinajstić information content (AvgIpc) is 3.61. The van der Waals surface area contributed by atoms with Crippen LogP contribution in [-0.2, 0) is 17.8 Å². The number of hydrogen-bond donors (Lipinski definition) is 0. The summed E-state index contributed by atoms with van der Waals surface area (Å²) < 4.78 is 5.23. The molecule has 2 aromatic rings. The molecule has 0 aromatic heterocycles. The van der Waals surface area contributed by atoms with Gasteiger partial charge in [0.05, 0.1) is 7.11 Å². The number of carbonyl (C=O) groups is 2. The van der Waals surface area contributed by atoms with Gasteiger partial charge in [0.25, 0.3) is 5.91 Å². The summed E-state index contributed by atoms with van der Waals surface area (Å²) in [6, 6.07) is 13.8. The molecule has 29 heavy (non-hydrogen) atoms. The Kier molecular flexibility index (Phi) is 5.38. The van der Waals surface area contributed by atoms with E-state index in [4.69, 9.17) is 4.74 Å². The fourth-order valence-electron chi connectivity index (χ4n) is 4.00. The Hall–Kier alpha value is -3.08. The summed E-state index contributed by atoms with van der Waals surface area (Å²) in [5.41, 5.74) is 3.61. The van der Waals surface area contributed by atoms with Gasteiger partial charge in [-0.1, -0.05) is 24.8 Å². The van der Waals surface area contributed by atoms with Crippen molar-refractivity contribution < 1.29 is 14.3 Å². The zero-order valence-electron chi connectivity index (χ0n) is 16.8. The lowest BCUT2D eigenvalue weighted by Crippen LogP contribution is -2.37. The number of carbonyl (C=O) groups excluding carboxylic acids is 2. The zero-order valence-corrected chi connectivity index (χ0v) is 16.8. The van der Waals surface area contributed by atoms with Crippen LogP contribution < -0.4 is 9.64 Å². The molecule has 0 atom stereocenters. The molecule has 1 fully saturated rings. The molecule has 1 aliphatic heterocycles. The molecule has 5 heteroatoms. The van der Waals surface area contributed by atoms with E-state index in [-0.39, 0.29) is 17.9 Å². The normalized spacial score (nSPS) is 15.4. The maximum absolute atomic E-state index is 13.5. The second-order valence-corrected chi connectivity index (χ2v) is 7.61. The third-order valence-corrected chi connectivity index (χ3v) is 5.68. The predicted octanol–water partition coefficient (Wildman–Crippen LogP) is 3.97. The smallest absolute Gasteiger partial charge is 0.254 e. The highest BCUT2D eigenvalue weighted by molar-refractivity contribution is 6.04. The van der Waals surface area contributed by atoms with Crippen molar-refractivity contribution in [3.63, 3.8) is 0 Å². The Balaban J connectivity index is 1.63. The zero-order chi connectivity index (χ0) is 20.4. The summed E-state index contributed by atoms with van der Waals surface area (Å²) >= 11 is 0. The summed E-state index contributed by atoms with van der Waals surface area (Å²) in [6.45, 7) is 4.85. The van der Waals surface area contributed by atoms with Crippen LogP contribution >= 0.6 is 0 Å². The van der Waals surface area contributed by atoms with Crippen molar-refractivity contribution in [2.24, 2.45) is 0 Å². The van der Waals surface area contributed by atoms with Crippen molar-refractivity contribution in [1.82, 2.24) is 4.90 Å². The quantitative estimate of drug-likeness (QED) is 0.702. The van der Waals surface area contributed by atoms with Crippen LogP contribution in [0.25, 0.3) is 0 Å². The van der Waals surface area contributed by atoms with Crippen molar-refractivity contribution in [1.29, 1.82) is 0 Å². The fraction of sp³-hybridized carbons (Fsp3) is 0.333. The summed E-state index contributed by atoms with van der Waals surface area (Å²) in [4.78, 5) is 29.5. The number of hydrogen-bond acceptors (Lipinski definition) is 3. The molecule has 150 valence electrons. The number of ether oxygens (including phenoxy) is 1. The van der Waals surface area contributed by atoms with Gasteiger partial charge in [0.1, 0.15) is 5.75 Å². The Bertz CT molecular complexity index is 932. The van der Waals surface area contributed by atoms with Crippen molar-refractivity contribution in [3.8, 4) is 5.75 Å². The average molecular weight is 390 g/mol. The maximum Gasteiger partial charge on any atom is 0.254 e. The van der Waals surface area contributed by atoms with Crippen LogP contribution in [-0.4, -0.2) is 36.4 Å². The molecule has 0 spiro atoms. The molecule has 0 unspecified atom stereocenters. The Morgan fingerprint density at radius 3 is 2.62 bits per heavy atom. The van der Waals surface area contributed by atoms with Crippen LogP contribution in [0.5, 0.6) is 5.75 Å². The lowest BCUT2D eigenvalue weighted by Gasteiger charge is -2.31. The number of methoxy groups -OCH3 is 1. The lowest BCUT2D eigenvalue weighted by atomic mass is 9.95. The second-order valence-electron chi connectivity index (χ2n) is 7.61. The Morgan fingerprint density at radius 1 is 1.21 bits per heavy atom. The number of anilines is 1. The molecule has 0 radical (unpaired) electrons. The molecular weight excluding hydrogens is 364 g/mol. The van der Waals surface area contributed by atoms with Crippen LogP contribution in [0, 0.1) is 0 Å². The minimum atomic E-state index is -0.118. The minimum Gasteiger partial charge on any atom is -0.497 e. The molecule has 4 rings (SSSR count). The maximum atomic E-state index is 13.5. The van der Waals surface area contributed by atoms with Gasteiger partial charge in [0.15, 0.2) is 0 Å². The monoisotopic (exact) mass is 390 g/mol. The van der Waals surface area contributed by atoms with E-state index in [2.05, 4.69) is 6.58 Å². The molecule has 0 N–H and O–H groups in total. The number of amides is 2. The van der Waals surface area contributed by atoms with Gasteiger partial charge in [-0.2, -0.15) is 0 Å². The summed E-state index contributed by atoms with van der Waals surface area (Å²) in [7, 11) is 1.65. The molecule has 1 heterocycles. The van der Waals surface area contributed by atoms with E-state index in [1.807, 2.05) is 47.4 Å².